The van der Waals surface area contributed by atoms with E-state index in [-0.39, 0.29) is 0 Å². The van der Waals surface area contributed by atoms with Gasteiger partial charge in [0.2, 0.25) is 0 Å². The average Bonchev–Trinajstić information content (AvgIpc) is 2.28. The van der Waals surface area contributed by atoms with Gasteiger partial charge in [0.1, 0.15) is 0 Å². The Hall–Kier alpha value is 0.570. The largest absolute Gasteiger partial charge is 0.179 e. The first-order chi connectivity index (χ1) is 7.83. The second-order valence-corrected chi connectivity index (χ2v) is 5.10. The second-order valence-electron chi connectivity index (χ2n) is 3.99. The topological polar surface area (TPSA) is 0 Å². The molecule has 0 fully saturated rings. The SMILES string of the molecule is CCCCCCCCCCCCS.S=C=S. The third-order valence-electron chi connectivity index (χ3n) is 2.51. The van der Waals surface area contributed by atoms with Gasteiger partial charge in [-0.3, -0.25) is 0 Å². The minimum absolute atomic E-state index is 1.07. The zero-order chi connectivity index (χ0) is 12.5. The third-order valence-corrected chi connectivity index (χ3v) is 2.83. The first kappa shape index (κ1) is 18.9. The van der Waals surface area contributed by atoms with Crippen LogP contribution in [0.1, 0.15) is 71.1 Å². The molecule has 0 bridgehead atoms. The van der Waals surface area contributed by atoms with E-state index in [9.17, 15) is 0 Å². The summed E-state index contributed by atoms with van der Waals surface area (Å²) in [6.45, 7) is 2.28. The summed E-state index contributed by atoms with van der Waals surface area (Å²) in [5.74, 6) is 1.07. The number of hydrogen-bond donors (Lipinski definition) is 1. The maximum Gasteiger partial charge on any atom is 0.0297 e. The Kier molecular flexibility index (Phi) is 24.7. The van der Waals surface area contributed by atoms with Crippen molar-refractivity contribution in [3.05, 3.63) is 0 Å². The molecule has 0 amide bonds. The summed E-state index contributed by atoms with van der Waals surface area (Å²) in [5.41, 5.74) is 0. The van der Waals surface area contributed by atoms with Crippen LogP contribution in [-0.4, -0.2) is 10.1 Å². The van der Waals surface area contributed by atoms with Gasteiger partial charge in [0.05, 0.1) is 0 Å². The molecule has 0 aliphatic heterocycles. The zero-order valence-corrected chi connectivity index (χ0v) is 13.1. The van der Waals surface area contributed by atoms with Gasteiger partial charge in [-0.2, -0.15) is 12.6 Å². The predicted molar refractivity (Wildman–Crippen MR) is 85.9 cm³/mol. The zero-order valence-electron chi connectivity index (χ0n) is 10.5. The molecule has 0 aromatic carbocycles. The van der Waals surface area contributed by atoms with Gasteiger partial charge in [-0.1, -0.05) is 64.7 Å². The minimum atomic E-state index is 1.07. The van der Waals surface area contributed by atoms with Gasteiger partial charge < -0.3 is 0 Å². The van der Waals surface area contributed by atoms with Crippen LogP contribution in [0.25, 0.3) is 0 Å². The molecule has 0 aromatic rings. The van der Waals surface area contributed by atoms with E-state index in [4.69, 9.17) is 0 Å². The van der Waals surface area contributed by atoms with E-state index in [1.54, 1.807) is 0 Å². The lowest BCUT2D eigenvalue weighted by Crippen LogP contribution is -1.81. The van der Waals surface area contributed by atoms with Crippen molar-refractivity contribution in [3.8, 4) is 0 Å². The fraction of sp³-hybridized carbons (Fsp3) is 0.923. The van der Waals surface area contributed by atoms with Crippen LogP contribution in [0.5, 0.6) is 0 Å². The van der Waals surface area contributed by atoms with Crippen molar-refractivity contribution in [2.24, 2.45) is 0 Å². The highest BCUT2D eigenvalue weighted by molar-refractivity contribution is 7.93. The lowest BCUT2D eigenvalue weighted by molar-refractivity contribution is 0.563. The van der Waals surface area contributed by atoms with E-state index in [0.29, 0.717) is 0 Å². The molecule has 0 saturated heterocycles. The van der Waals surface area contributed by atoms with Crippen molar-refractivity contribution < 1.29 is 0 Å². The highest BCUT2D eigenvalue weighted by atomic mass is 32.1. The molecule has 0 N–H and O–H groups in total. The number of rotatable bonds is 10. The molecule has 0 rings (SSSR count). The molecule has 0 aliphatic rings. The summed E-state index contributed by atoms with van der Waals surface area (Å²) < 4.78 is 1.92. The fourth-order valence-electron chi connectivity index (χ4n) is 1.60. The van der Waals surface area contributed by atoms with Crippen molar-refractivity contribution in [2.75, 3.05) is 5.75 Å². The van der Waals surface area contributed by atoms with Crippen LogP contribution in [0.15, 0.2) is 0 Å². The van der Waals surface area contributed by atoms with Crippen LogP contribution in [0.4, 0.5) is 0 Å². The highest BCUT2D eigenvalue weighted by Crippen LogP contribution is 2.10. The van der Waals surface area contributed by atoms with E-state index in [2.05, 4.69) is 44.0 Å². The molecule has 0 saturated carbocycles. The van der Waals surface area contributed by atoms with Crippen LogP contribution in [-0.2, 0) is 0 Å². The van der Waals surface area contributed by atoms with Crippen LogP contribution in [0.2, 0.25) is 0 Å². The Balaban J connectivity index is 0. The van der Waals surface area contributed by atoms with E-state index >= 15 is 0 Å². The fourth-order valence-corrected chi connectivity index (χ4v) is 1.82. The van der Waals surface area contributed by atoms with Crippen molar-refractivity contribution in [2.45, 2.75) is 71.1 Å². The molecule has 0 unspecified atom stereocenters. The van der Waals surface area contributed by atoms with Crippen LogP contribution >= 0.6 is 37.1 Å². The molecule has 96 valence electrons. The van der Waals surface area contributed by atoms with Crippen molar-refractivity contribution >= 4 is 41.4 Å². The quantitative estimate of drug-likeness (QED) is 0.302. The average molecular weight is 279 g/mol. The maximum absolute atomic E-state index is 4.20. The van der Waals surface area contributed by atoms with Gasteiger partial charge in [-0.05, 0) is 36.6 Å². The number of hydrogen-bond acceptors (Lipinski definition) is 3. The Morgan fingerprint density at radius 1 is 0.750 bits per heavy atom. The second kappa shape index (κ2) is 20.9. The molecule has 0 aliphatic carbocycles. The monoisotopic (exact) mass is 278 g/mol. The standard InChI is InChI=1S/C12H26S.CS2/c1-2-3-4-5-6-7-8-9-10-11-12-13;2-1-3/h13H,2-12H2,1H3;. The minimum Gasteiger partial charge on any atom is -0.179 e. The summed E-state index contributed by atoms with van der Waals surface area (Å²) in [7, 11) is 0. The molecule has 0 aromatic heterocycles. The lowest BCUT2D eigenvalue weighted by atomic mass is 10.1. The Bertz CT molecular complexity index is 130. The summed E-state index contributed by atoms with van der Waals surface area (Å²) in [4.78, 5) is 0. The van der Waals surface area contributed by atoms with Gasteiger partial charge in [0.25, 0.3) is 0 Å². The van der Waals surface area contributed by atoms with Crippen molar-refractivity contribution in [1.29, 1.82) is 0 Å². The molecule has 0 atom stereocenters. The van der Waals surface area contributed by atoms with Crippen molar-refractivity contribution in [3.63, 3.8) is 0 Å². The van der Waals surface area contributed by atoms with Gasteiger partial charge in [0.15, 0.2) is 0 Å². The van der Waals surface area contributed by atoms with Crippen LogP contribution in [0, 0.1) is 0 Å². The molecule has 0 nitrogen and oxygen atoms in total. The summed E-state index contributed by atoms with van der Waals surface area (Å²) in [5, 5.41) is 0. The highest BCUT2D eigenvalue weighted by Gasteiger charge is 1.91. The number of unbranched alkanes of at least 4 members (excludes halogenated alkanes) is 9. The van der Waals surface area contributed by atoms with Crippen LogP contribution in [0.3, 0.4) is 0 Å². The van der Waals surface area contributed by atoms with Crippen LogP contribution < -0.4 is 0 Å². The molecule has 3 heteroatoms. The third kappa shape index (κ3) is 24.0. The predicted octanol–water partition coefficient (Wildman–Crippen LogP) is 5.86. The maximum atomic E-state index is 4.20. The normalized spacial score (nSPS) is 9.12. The summed E-state index contributed by atoms with van der Waals surface area (Å²) >= 11 is 12.1. The number of thiocarbonyl (C=S) groups is 2. The summed E-state index contributed by atoms with van der Waals surface area (Å²) in [6.07, 6.45) is 14.2. The first-order valence-electron chi connectivity index (χ1n) is 6.43. The van der Waals surface area contributed by atoms with Crippen molar-refractivity contribution in [1.82, 2.24) is 0 Å². The molecule has 0 spiro atoms. The summed E-state index contributed by atoms with van der Waals surface area (Å²) in [6, 6.07) is 0. The van der Waals surface area contributed by atoms with E-state index in [1.165, 1.54) is 64.2 Å². The van der Waals surface area contributed by atoms with E-state index in [0.717, 1.165) is 5.75 Å². The molecule has 16 heavy (non-hydrogen) atoms. The van der Waals surface area contributed by atoms with Gasteiger partial charge in [0, 0.05) is 4.31 Å². The van der Waals surface area contributed by atoms with Gasteiger partial charge in [-0.25, -0.2) is 0 Å². The van der Waals surface area contributed by atoms with Gasteiger partial charge in [-0.15, -0.1) is 0 Å². The smallest absolute Gasteiger partial charge is 0.0297 e. The van der Waals surface area contributed by atoms with E-state index < -0.39 is 0 Å². The number of thiol groups is 1. The molecule has 0 heterocycles. The lowest BCUT2D eigenvalue weighted by Gasteiger charge is -2.00. The molecule has 0 radical (unpaired) electrons. The molecular weight excluding hydrogens is 252 g/mol. The Labute approximate surface area is 118 Å². The molecular formula is C13H26S3. The first-order valence-corrected chi connectivity index (χ1v) is 7.88. The van der Waals surface area contributed by atoms with E-state index in [1.807, 2.05) is 4.31 Å². The Morgan fingerprint density at radius 2 is 1.06 bits per heavy atom. The van der Waals surface area contributed by atoms with Gasteiger partial charge >= 0.3 is 0 Å². The Morgan fingerprint density at radius 3 is 1.38 bits per heavy atom.